The first-order valence-electron chi connectivity index (χ1n) is 12.0. The molecule has 0 bridgehead atoms. The molecule has 0 spiro atoms. The second kappa shape index (κ2) is 11.8. The Kier molecular flexibility index (Phi) is 8.13. The lowest BCUT2D eigenvalue weighted by Crippen LogP contribution is -2.08. The Morgan fingerprint density at radius 3 is 1.91 bits per heavy atom. The van der Waals surface area contributed by atoms with Crippen LogP contribution in [0.5, 0.6) is 11.5 Å². The summed E-state index contributed by atoms with van der Waals surface area (Å²) in [6.45, 7) is 4.79. The highest BCUT2D eigenvalue weighted by Gasteiger charge is 2.09. The molecule has 0 aliphatic carbocycles. The van der Waals surface area contributed by atoms with Gasteiger partial charge in [-0.2, -0.15) is 0 Å². The lowest BCUT2D eigenvalue weighted by Gasteiger charge is -2.12. The van der Waals surface area contributed by atoms with E-state index in [0.717, 1.165) is 23.3 Å². The molecule has 0 amide bonds. The number of ether oxygens (including phenoxy) is 2. The van der Waals surface area contributed by atoms with E-state index in [4.69, 9.17) is 9.47 Å². The van der Waals surface area contributed by atoms with Crippen molar-refractivity contribution in [3.63, 3.8) is 0 Å². The molecule has 0 unspecified atom stereocenters. The second-order valence-corrected chi connectivity index (χ2v) is 8.51. The van der Waals surface area contributed by atoms with Crippen molar-refractivity contribution < 1.29 is 14.3 Å². The third-order valence-corrected chi connectivity index (χ3v) is 5.85. The lowest BCUT2D eigenvalue weighted by atomic mass is 9.93. The van der Waals surface area contributed by atoms with Crippen LogP contribution >= 0.6 is 0 Å². The van der Waals surface area contributed by atoms with Crippen LogP contribution in [-0.4, -0.2) is 12.6 Å². The molecule has 0 aliphatic rings. The first-order chi connectivity index (χ1) is 17.1. The predicted molar refractivity (Wildman–Crippen MR) is 143 cm³/mol. The zero-order valence-electron chi connectivity index (χ0n) is 20.2. The highest BCUT2D eigenvalue weighted by Crippen LogP contribution is 2.21. The molecule has 0 N–H and O–H groups in total. The van der Waals surface area contributed by atoms with E-state index in [1.54, 1.807) is 36.4 Å². The predicted octanol–water partition coefficient (Wildman–Crippen LogP) is 7.82. The highest BCUT2D eigenvalue weighted by molar-refractivity contribution is 5.91. The fourth-order valence-electron chi connectivity index (χ4n) is 3.88. The van der Waals surface area contributed by atoms with E-state index >= 15 is 0 Å². The Hall–Kier alpha value is -4.11. The molecule has 0 fully saturated rings. The fourth-order valence-corrected chi connectivity index (χ4v) is 3.88. The van der Waals surface area contributed by atoms with Crippen molar-refractivity contribution in [2.45, 2.75) is 26.2 Å². The molecule has 0 radical (unpaired) electrons. The lowest BCUT2D eigenvalue weighted by molar-refractivity contribution is 0.0734. The fraction of sp³-hybridized carbons (Fsp3) is 0.156. The summed E-state index contributed by atoms with van der Waals surface area (Å²) in [5.74, 6) is 1.34. The number of hydrogen-bond acceptors (Lipinski definition) is 3. The summed E-state index contributed by atoms with van der Waals surface area (Å²) >= 11 is 0. The Labute approximate surface area is 207 Å². The van der Waals surface area contributed by atoms with Crippen LogP contribution in [-0.2, 0) is 6.42 Å². The number of carbonyl (C=O) groups excluding carboxylic acids is 1. The van der Waals surface area contributed by atoms with Crippen LogP contribution in [0.25, 0.3) is 12.2 Å². The van der Waals surface area contributed by atoms with Crippen molar-refractivity contribution >= 4 is 18.1 Å². The third-order valence-electron chi connectivity index (χ3n) is 5.85. The molecule has 176 valence electrons. The molecular formula is C32H30O3. The van der Waals surface area contributed by atoms with Gasteiger partial charge in [-0.3, -0.25) is 0 Å². The van der Waals surface area contributed by atoms with E-state index in [-0.39, 0.29) is 5.97 Å². The van der Waals surface area contributed by atoms with Gasteiger partial charge in [0.2, 0.25) is 0 Å². The Morgan fingerprint density at radius 2 is 1.31 bits per heavy atom. The average Bonchev–Trinajstić information content (AvgIpc) is 2.90. The molecule has 0 saturated heterocycles. The first-order valence-corrected chi connectivity index (χ1v) is 12.0. The normalized spacial score (nSPS) is 11.8. The second-order valence-electron chi connectivity index (χ2n) is 8.51. The smallest absolute Gasteiger partial charge is 0.343 e. The topological polar surface area (TPSA) is 35.5 Å². The largest absolute Gasteiger partial charge is 0.494 e. The van der Waals surface area contributed by atoms with Crippen molar-refractivity contribution in [1.29, 1.82) is 0 Å². The van der Waals surface area contributed by atoms with Crippen molar-refractivity contribution in [3.05, 3.63) is 131 Å². The molecule has 3 heteroatoms. The summed E-state index contributed by atoms with van der Waals surface area (Å²) in [5, 5.41) is 0. The monoisotopic (exact) mass is 462 g/mol. The Morgan fingerprint density at radius 1 is 0.743 bits per heavy atom. The third kappa shape index (κ3) is 6.94. The van der Waals surface area contributed by atoms with Crippen LogP contribution in [0.4, 0.5) is 0 Å². The van der Waals surface area contributed by atoms with E-state index in [9.17, 15) is 4.79 Å². The minimum absolute atomic E-state index is 0.384. The maximum Gasteiger partial charge on any atom is 0.343 e. The van der Waals surface area contributed by atoms with Gasteiger partial charge in [0.25, 0.3) is 0 Å². The number of rotatable bonds is 9. The summed E-state index contributed by atoms with van der Waals surface area (Å²) in [6.07, 6.45) is 5.14. The number of hydrogen-bond donors (Lipinski definition) is 0. The summed E-state index contributed by atoms with van der Waals surface area (Å²) in [4.78, 5) is 12.4. The minimum Gasteiger partial charge on any atom is -0.494 e. The van der Waals surface area contributed by atoms with Gasteiger partial charge in [-0.05, 0) is 77.9 Å². The summed E-state index contributed by atoms with van der Waals surface area (Å²) in [7, 11) is 0. The number of carbonyl (C=O) groups is 1. The molecule has 1 atom stereocenters. The van der Waals surface area contributed by atoms with Gasteiger partial charge in [0, 0.05) is 0 Å². The van der Waals surface area contributed by atoms with Gasteiger partial charge in [0.05, 0.1) is 12.2 Å². The Bertz CT molecular complexity index is 1240. The molecule has 0 aromatic heterocycles. The molecule has 4 aromatic carbocycles. The van der Waals surface area contributed by atoms with E-state index < -0.39 is 0 Å². The van der Waals surface area contributed by atoms with Gasteiger partial charge < -0.3 is 9.47 Å². The van der Waals surface area contributed by atoms with E-state index in [0.29, 0.717) is 23.8 Å². The quantitative estimate of drug-likeness (QED) is 0.144. The molecule has 0 aliphatic heterocycles. The molecule has 0 saturated carbocycles. The summed E-state index contributed by atoms with van der Waals surface area (Å²) in [6, 6.07) is 33.7. The van der Waals surface area contributed by atoms with Gasteiger partial charge in [-0.1, -0.05) is 85.8 Å². The van der Waals surface area contributed by atoms with E-state index in [1.807, 2.05) is 25.1 Å². The van der Waals surface area contributed by atoms with Gasteiger partial charge in [0.1, 0.15) is 11.5 Å². The van der Waals surface area contributed by atoms with Gasteiger partial charge >= 0.3 is 5.97 Å². The zero-order valence-corrected chi connectivity index (χ0v) is 20.2. The van der Waals surface area contributed by atoms with Crippen molar-refractivity contribution in [3.8, 4) is 11.5 Å². The van der Waals surface area contributed by atoms with Crippen LogP contribution in [0.15, 0.2) is 103 Å². The van der Waals surface area contributed by atoms with Crippen LogP contribution in [0.1, 0.15) is 52.4 Å². The standard InChI is InChI=1S/C32H30O3/c1-3-34-30-19-21-31(22-20-30)35-32(33)29-17-15-26(16-18-29)10-9-25-11-13-27(14-12-25)23-24(2)28-7-5-4-6-8-28/h4-22,24H,3,23H2,1-2H3/t24-/m1/s1. The zero-order chi connectivity index (χ0) is 24.5. The molecule has 3 nitrogen and oxygen atoms in total. The molecule has 4 aromatic rings. The summed E-state index contributed by atoms with van der Waals surface area (Å²) in [5.41, 5.74) is 5.36. The molecule has 0 heterocycles. The van der Waals surface area contributed by atoms with E-state index in [1.165, 1.54) is 11.1 Å². The van der Waals surface area contributed by atoms with Crippen molar-refractivity contribution in [2.24, 2.45) is 0 Å². The Balaban J connectivity index is 1.32. The van der Waals surface area contributed by atoms with Crippen molar-refractivity contribution in [2.75, 3.05) is 6.61 Å². The molecule has 4 rings (SSSR count). The minimum atomic E-state index is -0.384. The van der Waals surface area contributed by atoms with Gasteiger partial charge in [0.15, 0.2) is 0 Å². The maximum atomic E-state index is 12.4. The first kappa shape index (κ1) is 24.0. The summed E-state index contributed by atoms with van der Waals surface area (Å²) < 4.78 is 10.9. The molecule has 35 heavy (non-hydrogen) atoms. The van der Waals surface area contributed by atoms with Crippen molar-refractivity contribution in [1.82, 2.24) is 0 Å². The van der Waals surface area contributed by atoms with Gasteiger partial charge in [-0.15, -0.1) is 0 Å². The highest BCUT2D eigenvalue weighted by atomic mass is 16.5. The maximum absolute atomic E-state index is 12.4. The number of benzene rings is 4. The van der Waals surface area contributed by atoms with Crippen LogP contribution in [0.2, 0.25) is 0 Å². The molecular weight excluding hydrogens is 432 g/mol. The number of esters is 1. The average molecular weight is 463 g/mol. The SMILES string of the molecule is CCOc1ccc(OC(=O)c2ccc(C=Cc3ccc(C[C@@H](C)c4ccccc4)cc3)cc2)cc1. The van der Waals surface area contributed by atoms with Gasteiger partial charge in [-0.25, -0.2) is 4.79 Å². The van der Waals surface area contributed by atoms with Crippen LogP contribution in [0.3, 0.4) is 0 Å². The van der Waals surface area contributed by atoms with Crippen LogP contribution in [0, 0.1) is 0 Å². The van der Waals surface area contributed by atoms with Crippen LogP contribution < -0.4 is 9.47 Å². The van der Waals surface area contributed by atoms with E-state index in [2.05, 4.69) is 67.6 Å².